The Balaban J connectivity index is 1.94. The van der Waals surface area contributed by atoms with Gasteiger partial charge in [-0.1, -0.05) is 0 Å². The summed E-state index contributed by atoms with van der Waals surface area (Å²) in [4.78, 5) is 11.1. The Hall–Kier alpha value is -0.890. The molecule has 2 saturated heterocycles. The van der Waals surface area contributed by atoms with E-state index < -0.39 is 67.3 Å². The first-order chi connectivity index (χ1) is 11.6. The van der Waals surface area contributed by atoms with Gasteiger partial charge in [0.2, 0.25) is 5.91 Å². The first-order valence-corrected chi connectivity index (χ1v) is 7.91. The molecule has 0 saturated carbocycles. The van der Waals surface area contributed by atoms with Crippen molar-refractivity contribution in [2.24, 2.45) is 0 Å². The highest BCUT2D eigenvalue weighted by atomic mass is 16.7. The molecule has 0 aromatic carbocycles. The Bertz CT molecular complexity index is 465. The third-order valence-electron chi connectivity index (χ3n) is 4.32. The Morgan fingerprint density at radius 1 is 0.960 bits per heavy atom. The van der Waals surface area contributed by atoms with Crippen LogP contribution in [0.5, 0.6) is 0 Å². The lowest BCUT2D eigenvalue weighted by molar-refractivity contribution is -0.313. The van der Waals surface area contributed by atoms with Crippen LogP contribution in [-0.4, -0.2) is 105 Å². The van der Waals surface area contributed by atoms with Crippen LogP contribution < -0.4 is 5.32 Å². The lowest BCUT2D eigenvalue weighted by atomic mass is 9.97. The number of amides is 1. The fraction of sp³-hybridized carbons (Fsp3) is 0.929. The number of ether oxygens (including phenoxy) is 3. The highest BCUT2D eigenvalue weighted by molar-refractivity contribution is 5.73. The van der Waals surface area contributed by atoms with Crippen LogP contribution in [0, 0.1) is 0 Å². The average Bonchev–Trinajstić information content (AvgIpc) is 2.55. The highest BCUT2D eigenvalue weighted by Crippen LogP contribution is 2.24. The Morgan fingerprint density at radius 2 is 1.60 bits per heavy atom. The van der Waals surface area contributed by atoms with Crippen molar-refractivity contribution in [3.8, 4) is 0 Å². The number of aliphatic hydroxyl groups excluding tert-OH is 6. The SMILES string of the molecule is CC(=O)N[C@H]1[C@H](O)[C@H](O)[C@H](CO[C@@H]2O[C@@H](C)[C@@H](O)[C@@H](O)[C@H]2O)O[C@H]1O. The molecule has 0 aliphatic carbocycles. The van der Waals surface area contributed by atoms with Crippen molar-refractivity contribution in [3.05, 3.63) is 0 Å². The Morgan fingerprint density at radius 3 is 2.20 bits per heavy atom. The van der Waals surface area contributed by atoms with Crippen LogP contribution in [0.3, 0.4) is 0 Å². The maximum absolute atomic E-state index is 11.1. The molecule has 11 heteroatoms. The van der Waals surface area contributed by atoms with Gasteiger partial charge in [0.25, 0.3) is 0 Å². The summed E-state index contributed by atoms with van der Waals surface area (Å²) < 4.78 is 15.6. The summed E-state index contributed by atoms with van der Waals surface area (Å²) >= 11 is 0. The topological polar surface area (TPSA) is 178 Å². The van der Waals surface area contributed by atoms with Crippen LogP contribution in [0.4, 0.5) is 0 Å². The van der Waals surface area contributed by atoms with Gasteiger partial charge in [0.15, 0.2) is 12.6 Å². The number of aliphatic hydroxyl groups is 6. The summed E-state index contributed by atoms with van der Waals surface area (Å²) in [5, 5.41) is 61.4. The molecule has 2 heterocycles. The van der Waals surface area contributed by atoms with E-state index in [9.17, 15) is 35.4 Å². The second-order valence-corrected chi connectivity index (χ2v) is 6.29. The van der Waals surface area contributed by atoms with Crippen molar-refractivity contribution in [2.45, 2.75) is 75.2 Å². The molecule has 11 nitrogen and oxygen atoms in total. The van der Waals surface area contributed by atoms with Gasteiger partial charge >= 0.3 is 0 Å². The fourth-order valence-electron chi connectivity index (χ4n) is 2.82. The van der Waals surface area contributed by atoms with Crippen molar-refractivity contribution < 1.29 is 49.6 Å². The molecule has 7 N–H and O–H groups in total. The van der Waals surface area contributed by atoms with Crippen LogP contribution in [0.1, 0.15) is 13.8 Å². The van der Waals surface area contributed by atoms with Crippen LogP contribution in [0.25, 0.3) is 0 Å². The van der Waals surface area contributed by atoms with Gasteiger partial charge in [-0.05, 0) is 6.92 Å². The molecule has 146 valence electrons. The lowest BCUT2D eigenvalue weighted by Gasteiger charge is -2.42. The van der Waals surface area contributed by atoms with Crippen molar-refractivity contribution in [3.63, 3.8) is 0 Å². The summed E-state index contributed by atoms with van der Waals surface area (Å²) in [5.74, 6) is -0.520. The standard InChI is InChI=1S/C14H25NO10/c1-4-8(17)11(20)12(21)14(24-4)23-3-6-9(18)10(19)7(13(22)25-6)15-5(2)16/h4,6-14,17-22H,3H2,1-2H3,(H,15,16)/t4-,6-,7-,8+,9+,10-,11+,12+,13+,14+/m0/s1. The quantitative estimate of drug-likeness (QED) is 0.257. The number of carbonyl (C=O) groups is 1. The van der Waals surface area contributed by atoms with E-state index in [1.165, 1.54) is 13.8 Å². The molecular weight excluding hydrogens is 342 g/mol. The summed E-state index contributed by atoms with van der Waals surface area (Å²) in [6, 6.07) is -1.21. The third-order valence-corrected chi connectivity index (χ3v) is 4.32. The third kappa shape index (κ3) is 4.45. The first kappa shape index (κ1) is 20.4. The zero-order valence-electron chi connectivity index (χ0n) is 13.8. The van der Waals surface area contributed by atoms with Gasteiger partial charge in [-0.25, -0.2) is 0 Å². The molecule has 2 fully saturated rings. The van der Waals surface area contributed by atoms with E-state index in [2.05, 4.69) is 5.32 Å². The molecule has 0 radical (unpaired) electrons. The molecule has 0 unspecified atom stereocenters. The Labute approximate surface area is 143 Å². The van der Waals surface area contributed by atoms with Crippen LogP contribution >= 0.6 is 0 Å². The second-order valence-electron chi connectivity index (χ2n) is 6.29. The maximum atomic E-state index is 11.1. The zero-order chi connectivity index (χ0) is 18.9. The van der Waals surface area contributed by atoms with Gasteiger partial charge in [0, 0.05) is 6.92 Å². The maximum Gasteiger partial charge on any atom is 0.217 e. The molecular formula is C14H25NO10. The average molecular weight is 367 g/mol. The van der Waals surface area contributed by atoms with E-state index in [-0.39, 0.29) is 6.61 Å². The molecule has 0 bridgehead atoms. The highest BCUT2D eigenvalue weighted by Gasteiger charge is 2.46. The predicted octanol–water partition coefficient (Wildman–Crippen LogP) is -4.23. The molecule has 2 rings (SSSR count). The molecule has 0 aromatic rings. The Kier molecular flexibility index (Phi) is 6.70. The molecule has 2 aliphatic heterocycles. The van der Waals surface area contributed by atoms with Crippen molar-refractivity contribution >= 4 is 5.91 Å². The number of rotatable bonds is 4. The van der Waals surface area contributed by atoms with Gasteiger partial charge in [-0.3, -0.25) is 4.79 Å². The minimum absolute atomic E-state index is 0.390. The van der Waals surface area contributed by atoms with Gasteiger partial charge in [-0.2, -0.15) is 0 Å². The number of hydrogen-bond acceptors (Lipinski definition) is 10. The van der Waals surface area contributed by atoms with Crippen molar-refractivity contribution in [1.29, 1.82) is 0 Å². The summed E-state index contributed by atoms with van der Waals surface area (Å²) in [7, 11) is 0. The first-order valence-electron chi connectivity index (χ1n) is 7.91. The number of nitrogens with one attached hydrogen (secondary N) is 1. The predicted molar refractivity (Wildman–Crippen MR) is 78.8 cm³/mol. The monoisotopic (exact) mass is 367 g/mol. The van der Waals surface area contributed by atoms with Crippen LogP contribution in [-0.2, 0) is 19.0 Å². The van der Waals surface area contributed by atoms with Crippen LogP contribution in [0.2, 0.25) is 0 Å². The molecule has 2 aliphatic rings. The van der Waals surface area contributed by atoms with Gasteiger partial charge < -0.3 is 50.2 Å². The van der Waals surface area contributed by atoms with E-state index in [1.807, 2.05) is 0 Å². The van der Waals surface area contributed by atoms with Gasteiger partial charge in [0.05, 0.1) is 12.7 Å². The minimum atomic E-state index is -1.58. The van der Waals surface area contributed by atoms with Gasteiger partial charge in [-0.15, -0.1) is 0 Å². The summed E-state index contributed by atoms with van der Waals surface area (Å²) in [6.07, 6.45) is -12.2. The molecule has 25 heavy (non-hydrogen) atoms. The lowest BCUT2D eigenvalue weighted by Crippen LogP contribution is -2.64. The minimum Gasteiger partial charge on any atom is -0.388 e. The van der Waals surface area contributed by atoms with E-state index in [0.717, 1.165) is 0 Å². The van der Waals surface area contributed by atoms with Gasteiger partial charge in [0.1, 0.15) is 42.7 Å². The van der Waals surface area contributed by atoms with Crippen LogP contribution in [0.15, 0.2) is 0 Å². The molecule has 0 aromatic heterocycles. The van der Waals surface area contributed by atoms with Crippen molar-refractivity contribution in [2.75, 3.05) is 6.61 Å². The zero-order valence-corrected chi connectivity index (χ0v) is 13.8. The largest absolute Gasteiger partial charge is 0.388 e. The molecule has 10 atom stereocenters. The van der Waals surface area contributed by atoms with E-state index in [1.54, 1.807) is 0 Å². The summed E-state index contributed by atoms with van der Waals surface area (Å²) in [5.41, 5.74) is 0. The normalized spacial score (nSPS) is 48.2. The van der Waals surface area contributed by atoms with E-state index >= 15 is 0 Å². The van der Waals surface area contributed by atoms with E-state index in [0.29, 0.717) is 0 Å². The van der Waals surface area contributed by atoms with E-state index in [4.69, 9.17) is 14.2 Å². The fourth-order valence-corrected chi connectivity index (χ4v) is 2.82. The number of hydrogen-bond donors (Lipinski definition) is 7. The smallest absolute Gasteiger partial charge is 0.217 e. The second kappa shape index (κ2) is 8.20. The molecule has 0 spiro atoms. The molecule has 1 amide bonds. The summed E-state index contributed by atoms with van der Waals surface area (Å²) in [6.45, 7) is 2.27. The number of carbonyl (C=O) groups excluding carboxylic acids is 1. The van der Waals surface area contributed by atoms with Crippen molar-refractivity contribution in [1.82, 2.24) is 5.32 Å².